The number of nitrogens with zero attached hydrogens (tertiary/aromatic N) is 1. The van der Waals surface area contributed by atoms with Crippen molar-refractivity contribution in [3.8, 4) is 5.75 Å². The molecule has 0 aliphatic rings. The van der Waals surface area contributed by atoms with Gasteiger partial charge in [-0.25, -0.2) is 0 Å². The third-order valence-corrected chi connectivity index (χ3v) is 5.19. The summed E-state index contributed by atoms with van der Waals surface area (Å²) in [6.45, 7) is 0. The third-order valence-electron chi connectivity index (χ3n) is 4.18. The van der Waals surface area contributed by atoms with E-state index in [-0.39, 0.29) is 23.3 Å². The normalized spacial score (nSPS) is 10.2. The summed E-state index contributed by atoms with van der Waals surface area (Å²) >= 11 is 1.37. The summed E-state index contributed by atoms with van der Waals surface area (Å²) in [4.78, 5) is 35.5. The van der Waals surface area contributed by atoms with Crippen LogP contribution in [0, 0.1) is 10.1 Å². The number of non-ortho nitro benzene ring substituents is 1. The molecule has 0 saturated heterocycles. The van der Waals surface area contributed by atoms with E-state index in [1.54, 1.807) is 55.6 Å². The predicted octanol–water partition coefficient (Wildman–Crippen LogP) is 4.59. The Bertz CT molecular complexity index is 1090. The van der Waals surface area contributed by atoms with Gasteiger partial charge >= 0.3 is 0 Å². The lowest BCUT2D eigenvalue weighted by Crippen LogP contribution is -2.14. The van der Waals surface area contributed by atoms with Gasteiger partial charge in [-0.05, 0) is 48.5 Å². The second-order valence-corrected chi connectivity index (χ2v) is 7.40. The van der Waals surface area contributed by atoms with Gasteiger partial charge in [0, 0.05) is 40.0 Å². The number of ether oxygens (including phenoxy) is 1. The second-order valence-electron chi connectivity index (χ2n) is 6.35. The summed E-state index contributed by atoms with van der Waals surface area (Å²) in [6.07, 6.45) is 0. The van der Waals surface area contributed by atoms with Gasteiger partial charge in [0.15, 0.2) is 0 Å². The SMILES string of the molecule is COc1cccc(NC(=O)CSc2ccc(NC(=O)c3ccc([N+](=O)[O-])cc3)cc2)c1. The summed E-state index contributed by atoms with van der Waals surface area (Å²) in [5.41, 5.74) is 1.48. The van der Waals surface area contributed by atoms with Gasteiger partial charge in [-0.1, -0.05) is 6.07 Å². The monoisotopic (exact) mass is 437 g/mol. The highest BCUT2D eigenvalue weighted by Gasteiger charge is 2.10. The molecule has 31 heavy (non-hydrogen) atoms. The number of thioether (sulfide) groups is 1. The fourth-order valence-electron chi connectivity index (χ4n) is 2.62. The van der Waals surface area contributed by atoms with Crippen LogP contribution in [-0.2, 0) is 4.79 Å². The zero-order valence-electron chi connectivity index (χ0n) is 16.5. The van der Waals surface area contributed by atoms with Crippen LogP contribution in [0.1, 0.15) is 10.4 Å². The summed E-state index contributed by atoms with van der Waals surface area (Å²) in [7, 11) is 1.56. The van der Waals surface area contributed by atoms with Crippen LogP contribution in [0.3, 0.4) is 0 Å². The van der Waals surface area contributed by atoms with Crippen molar-refractivity contribution in [2.75, 3.05) is 23.5 Å². The first-order valence-electron chi connectivity index (χ1n) is 9.17. The number of hydrogen-bond donors (Lipinski definition) is 2. The average Bonchev–Trinajstić information content (AvgIpc) is 2.78. The molecule has 0 heterocycles. The van der Waals surface area contributed by atoms with Gasteiger partial charge in [0.1, 0.15) is 5.75 Å². The molecule has 3 aromatic rings. The van der Waals surface area contributed by atoms with Gasteiger partial charge in [0.2, 0.25) is 5.91 Å². The number of nitrogens with one attached hydrogen (secondary N) is 2. The molecule has 0 aliphatic carbocycles. The summed E-state index contributed by atoms with van der Waals surface area (Å²) in [5.74, 6) is 0.379. The number of amides is 2. The van der Waals surface area contributed by atoms with E-state index < -0.39 is 4.92 Å². The smallest absolute Gasteiger partial charge is 0.269 e. The molecule has 8 nitrogen and oxygen atoms in total. The molecule has 3 rings (SSSR count). The molecule has 2 N–H and O–H groups in total. The Hall–Kier alpha value is -3.85. The standard InChI is InChI=1S/C22H19N3O5S/c1-30-19-4-2-3-17(13-19)23-21(26)14-31-20-11-7-16(8-12-20)24-22(27)15-5-9-18(10-6-15)25(28)29/h2-13H,14H2,1H3,(H,23,26)(H,24,27). The minimum Gasteiger partial charge on any atom is -0.497 e. The molecule has 0 bridgehead atoms. The second kappa shape index (κ2) is 10.3. The number of carbonyl (C=O) groups excluding carboxylic acids is 2. The predicted molar refractivity (Wildman–Crippen MR) is 120 cm³/mol. The van der Waals surface area contributed by atoms with E-state index in [0.29, 0.717) is 22.7 Å². The molecule has 0 aromatic heterocycles. The molecule has 158 valence electrons. The molecule has 0 spiro atoms. The van der Waals surface area contributed by atoms with Crippen molar-refractivity contribution in [1.82, 2.24) is 0 Å². The van der Waals surface area contributed by atoms with Gasteiger partial charge < -0.3 is 15.4 Å². The Balaban J connectivity index is 1.50. The lowest BCUT2D eigenvalue weighted by Gasteiger charge is -2.08. The molecule has 0 saturated carbocycles. The van der Waals surface area contributed by atoms with Crippen LogP contribution in [0.25, 0.3) is 0 Å². The Labute approximate surface area is 182 Å². The minimum atomic E-state index is -0.519. The summed E-state index contributed by atoms with van der Waals surface area (Å²) in [6, 6.07) is 19.5. The molecule has 0 aliphatic heterocycles. The van der Waals surface area contributed by atoms with Crippen molar-refractivity contribution in [2.24, 2.45) is 0 Å². The van der Waals surface area contributed by atoms with Crippen LogP contribution in [0.2, 0.25) is 0 Å². The van der Waals surface area contributed by atoms with Gasteiger partial charge in [0.25, 0.3) is 11.6 Å². The van der Waals surface area contributed by atoms with Gasteiger partial charge in [-0.2, -0.15) is 0 Å². The maximum Gasteiger partial charge on any atom is 0.269 e. The van der Waals surface area contributed by atoms with E-state index in [1.807, 2.05) is 0 Å². The third kappa shape index (κ3) is 6.31. The number of rotatable bonds is 8. The van der Waals surface area contributed by atoms with E-state index in [9.17, 15) is 19.7 Å². The maximum absolute atomic E-state index is 12.3. The van der Waals surface area contributed by atoms with Crippen molar-refractivity contribution in [1.29, 1.82) is 0 Å². The first-order chi connectivity index (χ1) is 14.9. The molecule has 3 aromatic carbocycles. The number of carbonyl (C=O) groups is 2. The zero-order chi connectivity index (χ0) is 22.2. The van der Waals surface area contributed by atoms with E-state index in [1.165, 1.54) is 36.0 Å². The average molecular weight is 437 g/mol. The van der Waals surface area contributed by atoms with Crippen LogP contribution in [-0.4, -0.2) is 29.6 Å². The Morgan fingerprint density at radius 1 is 0.968 bits per heavy atom. The van der Waals surface area contributed by atoms with Crippen molar-refractivity contribution in [3.05, 3.63) is 88.5 Å². The van der Waals surface area contributed by atoms with Crippen molar-refractivity contribution in [3.63, 3.8) is 0 Å². The molecule has 0 unspecified atom stereocenters. The fourth-order valence-corrected chi connectivity index (χ4v) is 3.32. The number of nitro groups is 1. The van der Waals surface area contributed by atoms with Crippen LogP contribution in [0.4, 0.5) is 17.1 Å². The zero-order valence-corrected chi connectivity index (χ0v) is 17.3. The number of benzene rings is 3. The largest absolute Gasteiger partial charge is 0.497 e. The Kier molecular flexibility index (Phi) is 7.23. The van der Waals surface area contributed by atoms with Crippen LogP contribution in [0.5, 0.6) is 5.75 Å². The summed E-state index contributed by atoms with van der Waals surface area (Å²) in [5, 5.41) is 16.2. The van der Waals surface area contributed by atoms with Gasteiger partial charge in [0.05, 0.1) is 17.8 Å². The molecule has 2 amide bonds. The van der Waals surface area contributed by atoms with E-state index in [2.05, 4.69) is 10.6 Å². The first-order valence-corrected chi connectivity index (χ1v) is 10.2. The highest BCUT2D eigenvalue weighted by atomic mass is 32.2. The molecule has 0 atom stereocenters. The van der Waals surface area contributed by atoms with E-state index in [0.717, 1.165) is 4.90 Å². The quantitative estimate of drug-likeness (QED) is 0.303. The number of methoxy groups -OCH3 is 1. The molecular weight excluding hydrogens is 418 g/mol. The van der Waals surface area contributed by atoms with Crippen LogP contribution >= 0.6 is 11.8 Å². The molecule has 9 heteroatoms. The Morgan fingerprint density at radius 3 is 2.32 bits per heavy atom. The summed E-state index contributed by atoms with van der Waals surface area (Å²) < 4.78 is 5.13. The van der Waals surface area contributed by atoms with Crippen LogP contribution < -0.4 is 15.4 Å². The van der Waals surface area contributed by atoms with Crippen molar-refractivity contribution in [2.45, 2.75) is 4.90 Å². The highest BCUT2D eigenvalue weighted by molar-refractivity contribution is 8.00. The molecule has 0 fully saturated rings. The van der Waals surface area contributed by atoms with E-state index >= 15 is 0 Å². The van der Waals surface area contributed by atoms with Crippen molar-refractivity contribution >= 4 is 40.6 Å². The highest BCUT2D eigenvalue weighted by Crippen LogP contribution is 2.22. The van der Waals surface area contributed by atoms with Crippen molar-refractivity contribution < 1.29 is 19.2 Å². The lowest BCUT2D eigenvalue weighted by molar-refractivity contribution is -0.384. The maximum atomic E-state index is 12.3. The molecular formula is C22H19N3O5S. The number of hydrogen-bond acceptors (Lipinski definition) is 6. The van der Waals surface area contributed by atoms with Gasteiger partial charge in [-0.3, -0.25) is 19.7 Å². The van der Waals surface area contributed by atoms with Crippen LogP contribution in [0.15, 0.2) is 77.7 Å². The first kappa shape index (κ1) is 21.8. The van der Waals surface area contributed by atoms with Gasteiger partial charge in [-0.15, -0.1) is 11.8 Å². The Morgan fingerprint density at radius 2 is 1.68 bits per heavy atom. The fraction of sp³-hybridized carbons (Fsp3) is 0.0909. The number of anilines is 2. The lowest BCUT2D eigenvalue weighted by atomic mass is 10.2. The van der Waals surface area contributed by atoms with E-state index in [4.69, 9.17) is 4.74 Å². The topological polar surface area (TPSA) is 111 Å². The minimum absolute atomic E-state index is 0.0756. The number of nitro benzene ring substituents is 1. The molecule has 0 radical (unpaired) electrons.